The molecule has 0 aliphatic carbocycles. The van der Waals surface area contributed by atoms with Gasteiger partial charge in [0.2, 0.25) is 0 Å². The van der Waals surface area contributed by atoms with Gasteiger partial charge in [0.15, 0.2) is 11.5 Å². The summed E-state index contributed by atoms with van der Waals surface area (Å²) in [6.07, 6.45) is -0.826. The monoisotopic (exact) mass is 289 g/mol. The van der Waals surface area contributed by atoms with Crippen LogP contribution >= 0.6 is 0 Å². The van der Waals surface area contributed by atoms with Crippen LogP contribution in [0.2, 0.25) is 0 Å². The quantitative estimate of drug-likeness (QED) is 0.707. The Bertz CT molecular complexity index is 601. The summed E-state index contributed by atoms with van der Waals surface area (Å²) in [5.41, 5.74) is 7.70. The van der Waals surface area contributed by atoms with Gasteiger partial charge < -0.3 is 25.4 Å². The highest BCUT2D eigenvalue weighted by Crippen LogP contribution is 2.29. The average Bonchev–Trinajstić information content (AvgIpc) is 2.52. The third kappa shape index (κ3) is 3.65. The summed E-state index contributed by atoms with van der Waals surface area (Å²) in [5.74, 6) is 1.01. The summed E-state index contributed by atoms with van der Waals surface area (Å²) in [4.78, 5) is 0. The molecular formula is C16H19NO4. The smallest absolute Gasteiger partial charge is 0.161 e. The molecule has 2 rings (SSSR count). The van der Waals surface area contributed by atoms with E-state index in [1.54, 1.807) is 30.3 Å². The lowest BCUT2D eigenvalue weighted by atomic mass is 10.1. The maximum atomic E-state index is 10.1. The lowest BCUT2D eigenvalue weighted by Gasteiger charge is -2.16. The van der Waals surface area contributed by atoms with Gasteiger partial charge in [-0.1, -0.05) is 24.3 Å². The van der Waals surface area contributed by atoms with Crippen LogP contribution in [0, 0.1) is 0 Å². The van der Waals surface area contributed by atoms with Crippen LogP contribution < -0.4 is 15.2 Å². The predicted molar refractivity (Wildman–Crippen MR) is 80.2 cm³/mol. The van der Waals surface area contributed by atoms with Crippen LogP contribution in [0.3, 0.4) is 0 Å². The Hall–Kier alpha value is -2.24. The van der Waals surface area contributed by atoms with E-state index in [1.165, 1.54) is 7.11 Å². The van der Waals surface area contributed by atoms with Gasteiger partial charge in [-0.15, -0.1) is 0 Å². The maximum Gasteiger partial charge on any atom is 0.161 e. The van der Waals surface area contributed by atoms with E-state index in [0.29, 0.717) is 22.7 Å². The minimum atomic E-state index is -0.826. The number of rotatable bonds is 6. The molecule has 0 spiro atoms. The van der Waals surface area contributed by atoms with E-state index in [9.17, 15) is 5.11 Å². The Morgan fingerprint density at radius 3 is 2.57 bits per heavy atom. The molecule has 5 heteroatoms. The molecule has 2 aromatic rings. The Kier molecular flexibility index (Phi) is 5.03. The maximum absolute atomic E-state index is 10.1. The van der Waals surface area contributed by atoms with Gasteiger partial charge in [0.1, 0.15) is 12.7 Å². The van der Waals surface area contributed by atoms with Gasteiger partial charge in [-0.05, 0) is 23.8 Å². The van der Waals surface area contributed by atoms with E-state index >= 15 is 0 Å². The summed E-state index contributed by atoms with van der Waals surface area (Å²) >= 11 is 0. The first-order chi connectivity index (χ1) is 10.2. The number of hydrogen-bond acceptors (Lipinski definition) is 5. The number of aliphatic hydroxyl groups excluding tert-OH is 2. The summed E-state index contributed by atoms with van der Waals surface area (Å²) in [5, 5.41) is 19.2. The number of aliphatic hydroxyl groups is 2. The summed E-state index contributed by atoms with van der Waals surface area (Å²) < 4.78 is 10.8. The standard InChI is InChI=1S/C16H19NO4/c1-20-16-8-11(9-18)6-7-15(16)21-10-14(19)12-4-2-3-5-13(12)17/h2-8,14,18-19H,9-10,17H2,1H3. The average molecular weight is 289 g/mol. The van der Waals surface area contributed by atoms with E-state index in [2.05, 4.69) is 0 Å². The summed E-state index contributed by atoms with van der Waals surface area (Å²) in [6.45, 7) is -0.0111. The van der Waals surface area contributed by atoms with Crippen molar-refractivity contribution in [1.82, 2.24) is 0 Å². The fourth-order valence-electron chi connectivity index (χ4n) is 2.00. The highest BCUT2D eigenvalue weighted by molar-refractivity contribution is 5.48. The molecule has 0 aromatic heterocycles. The topological polar surface area (TPSA) is 84.9 Å². The molecule has 0 bridgehead atoms. The van der Waals surface area contributed by atoms with Crippen molar-refractivity contribution in [3.63, 3.8) is 0 Å². The zero-order chi connectivity index (χ0) is 15.2. The largest absolute Gasteiger partial charge is 0.493 e. The Morgan fingerprint density at radius 1 is 1.14 bits per heavy atom. The molecule has 0 saturated heterocycles. The highest BCUT2D eigenvalue weighted by Gasteiger charge is 2.13. The van der Waals surface area contributed by atoms with Gasteiger partial charge in [-0.2, -0.15) is 0 Å². The molecular weight excluding hydrogens is 270 g/mol. The Labute approximate surface area is 123 Å². The van der Waals surface area contributed by atoms with Crippen LogP contribution in [0.15, 0.2) is 42.5 Å². The molecule has 1 unspecified atom stereocenters. The Balaban J connectivity index is 2.08. The lowest BCUT2D eigenvalue weighted by molar-refractivity contribution is 0.107. The summed E-state index contributed by atoms with van der Waals surface area (Å²) in [6, 6.07) is 12.2. The van der Waals surface area contributed by atoms with Crippen LogP contribution in [0.4, 0.5) is 5.69 Å². The highest BCUT2D eigenvalue weighted by atomic mass is 16.5. The first-order valence-electron chi connectivity index (χ1n) is 6.58. The van der Waals surface area contributed by atoms with Crippen LogP contribution in [-0.4, -0.2) is 23.9 Å². The molecule has 1 atom stereocenters. The van der Waals surface area contributed by atoms with Crippen molar-refractivity contribution >= 4 is 5.69 Å². The molecule has 4 N–H and O–H groups in total. The van der Waals surface area contributed by atoms with Crippen molar-refractivity contribution in [2.45, 2.75) is 12.7 Å². The van der Waals surface area contributed by atoms with Gasteiger partial charge in [0.05, 0.1) is 13.7 Å². The zero-order valence-corrected chi connectivity index (χ0v) is 11.8. The third-order valence-electron chi connectivity index (χ3n) is 3.16. The number of ether oxygens (including phenoxy) is 2. The van der Waals surface area contributed by atoms with Crippen molar-refractivity contribution in [1.29, 1.82) is 0 Å². The van der Waals surface area contributed by atoms with Crippen LogP contribution in [-0.2, 0) is 6.61 Å². The van der Waals surface area contributed by atoms with Crippen molar-refractivity contribution < 1.29 is 19.7 Å². The number of benzene rings is 2. The van der Waals surface area contributed by atoms with Crippen LogP contribution in [0.1, 0.15) is 17.2 Å². The zero-order valence-electron chi connectivity index (χ0n) is 11.8. The molecule has 0 radical (unpaired) electrons. The molecule has 5 nitrogen and oxygen atoms in total. The van der Waals surface area contributed by atoms with Gasteiger partial charge in [0, 0.05) is 11.3 Å². The second-order valence-corrected chi connectivity index (χ2v) is 4.60. The molecule has 0 saturated carbocycles. The van der Waals surface area contributed by atoms with Crippen LogP contribution in [0.25, 0.3) is 0 Å². The molecule has 0 amide bonds. The summed E-state index contributed by atoms with van der Waals surface area (Å²) in [7, 11) is 1.52. The lowest BCUT2D eigenvalue weighted by Crippen LogP contribution is -2.12. The van der Waals surface area contributed by atoms with Gasteiger partial charge in [0.25, 0.3) is 0 Å². The molecule has 21 heavy (non-hydrogen) atoms. The predicted octanol–water partition coefficient (Wildman–Crippen LogP) is 1.88. The first-order valence-corrected chi connectivity index (χ1v) is 6.58. The van der Waals surface area contributed by atoms with Crippen molar-refractivity contribution in [3.05, 3.63) is 53.6 Å². The number of hydrogen-bond donors (Lipinski definition) is 3. The third-order valence-corrected chi connectivity index (χ3v) is 3.16. The second kappa shape index (κ2) is 6.97. The number of nitrogen functional groups attached to an aromatic ring is 1. The SMILES string of the molecule is COc1cc(CO)ccc1OCC(O)c1ccccc1N. The van der Waals surface area contributed by atoms with E-state index in [1.807, 2.05) is 12.1 Å². The van der Waals surface area contributed by atoms with Crippen molar-refractivity contribution in [2.75, 3.05) is 19.5 Å². The number of para-hydroxylation sites is 1. The van der Waals surface area contributed by atoms with E-state index in [0.717, 1.165) is 5.56 Å². The second-order valence-electron chi connectivity index (χ2n) is 4.60. The fourth-order valence-corrected chi connectivity index (χ4v) is 2.00. The Morgan fingerprint density at radius 2 is 1.90 bits per heavy atom. The molecule has 0 heterocycles. The number of nitrogens with two attached hydrogens (primary N) is 1. The molecule has 0 aliphatic rings. The molecule has 2 aromatic carbocycles. The molecule has 0 aliphatic heterocycles. The minimum absolute atomic E-state index is 0.0586. The van der Waals surface area contributed by atoms with Crippen molar-refractivity contribution in [2.24, 2.45) is 0 Å². The fraction of sp³-hybridized carbons (Fsp3) is 0.250. The van der Waals surface area contributed by atoms with Gasteiger partial charge >= 0.3 is 0 Å². The van der Waals surface area contributed by atoms with Crippen LogP contribution in [0.5, 0.6) is 11.5 Å². The van der Waals surface area contributed by atoms with Gasteiger partial charge in [-0.25, -0.2) is 0 Å². The minimum Gasteiger partial charge on any atom is -0.493 e. The molecule has 112 valence electrons. The number of methoxy groups -OCH3 is 1. The van der Waals surface area contributed by atoms with Gasteiger partial charge in [-0.3, -0.25) is 0 Å². The van der Waals surface area contributed by atoms with Crippen molar-refractivity contribution in [3.8, 4) is 11.5 Å². The van der Waals surface area contributed by atoms with E-state index in [4.69, 9.17) is 20.3 Å². The number of anilines is 1. The van der Waals surface area contributed by atoms with E-state index in [-0.39, 0.29) is 13.2 Å². The normalized spacial score (nSPS) is 12.0. The first kappa shape index (κ1) is 15.2. The van der Waals surface area contributed by atoms with E-state index < -0.39 is 6.10 Å². The molecule has 0 fully saturated rings.